The standard InChI is InChI=1S/C17H31NO3/c1-5-14-6-8-17(20,9-7-14)10-18-16(19)15-11(2)12(3)21-13(15)4/h11-15,20H,5-10H2,1-4H3,(H,18,19). The molecule has 1 saturated carbocycles. The molecule has 2 N–H and O–H groups in total. The fraction of sp³-hybridized carbons (Fsp3) is 0.941. The zero-order valence-corrected chi connectivity index (χ0v) is 13.9. The van der Waals surface area contributed by atoms with E-state index >= 15 is 0 Å². The normalized spacial score (nSPS) is 43.8. The Morgan fingerprint density at radius 1 is 1.24 bits per heavy atom. The highest BCUT2D eigenvalue weighted by Crippen LogP contribution is 2.34. The molecule has 0 aromatic rings. The van der Waals surface area contributed by atoms with E-state index in [2.05, 4.69) is 19.2 Å². The van der Waals surface area contributed by atoms with E-state index in [4.69, 9.17) is 4.74 Å². The molecule has 0 radical (unpaired) electrons. The van der Waals surface area contributed by atoms with Crippen LogP contribution < -0.4 is 5.32 Å². The lowest BCUT2D eigenvalue weighted by Crippen LogP contribution is -2.48. The van der Waals surface area contributed by atoms with Crippen molar-refractivity contribution >= 4 is 5.91 Å². The fourth-order valence-corrected chi connectivity index (χ4v) is 3.89. The Morgan fingerprint density at radius 3 is 2.33 bits per heavy atom. The van der Waals surface area contributed by atoms with Crippen LogP contribution in [0.25, 0.3) is 0 Å². The van der Waals surface area contributed by atoms with Gasteiger partial charge >= 0.3 is 0 Å². The molecule has 0 bridgehead atoms. The van der Waals surface area contributed by atoms with Crippen molar-refractivity contribution in [1.82, 2.24) is 5.32 Å². The minimum Gasteiger partial charge on any atom is -0.388 e. The highest BCUT2D eigenvalue weighted by molar-refractivity contribution is 5.80. The molecule has 1 saturated heterocycles. The van der Waals surface area contributed by atoms with Crippen LogP contribution in [0.4, 0.5) is 0 Å². The first-order chi connectivity index (χ1) is 9.86. The van der Waals surface area contributed by atoms with Gasteiger partial charge in [-0.1, -0.05) is 20.3 Å². The van der Waals surface area contributed by atoms with E-state index in [1.165, 1.54) is 6.42 Å². The average Bonchev–Trinajstić information content (AvgIpc) is 2.71. The summed E-state index contributed by atoms with van der Waals surface area (Å²) in [5.74, 6) is 0.900. The van der Waals surface area contributed by atoms with Gasteiger partial charge in [-0.15, -0.1) is 0 Å². The Balaban J connectivity index is 1.84. The van der Waals surface area contributed by atoms with Crippen LogP contribution in [0.5, 0.6) is 0 Å². The monoisotopic (exact) mass is 297 g/mol. The second-order valence-corrected chi connectivity index (χ2v) is 7.22. The first-order valence-corrected chi connectivity index (χ1v) is 8.52. The summed E-state index contributed by atoms with van der Waals surface area (Å²) in [6, 6.07) is 0. The molecule has 2 rings (SSSR count). The van der Waals surface area contributed by atoms with Gasteiger partial charge in [0.1, 0.15) is 0 Å². The molecule has 0 aromatic heterocycles. The first-order valence-electron chi connectivity index (χ1n) is 8.52. The lowest BCUT2D eigenvalue weighted by molar-refractivity contribution is -0.129. The number of nitrogens with one attached hydrogen (secondary N) is 1. The van der Waals surface area contributed by atoms with E-state index in [0.29, 0.717) is 6.54 Å². The molecule has 4 heteroatoms. The number of ether oxygens (including phenoxy) is 1. The molecule has 122 valence electrons. The van der Waals surface area contributed by atoms with Crippen LogP contribution in [-0.2, 0) is 9.53 Å². The molecule has 4 atom stereocenters. The molecule has 0 spiro atoms. The Hall–Kier alpha value is -0.610. The molecular weight excluding hydrogens is 266 g/mol. The van der Waals surface area contributed by atoms with Gasteiger partial charge in [-0.2, -0.15) is 0 Å². The Labute approximate surface area is 128 Å². The summed E-state index contributed by atoms with van der Waals surface area (Å²) in [5, 5.41) is 13.6. The molecule has 2 aliphatic rings. The molecule has 1 heterocycles. The van der Waals surface area contributed by atoms with E-state index in [0.717, 1.165) is 31.6 Å². The lowest BCUT2D eigenvalue weighted by Gasteiger charge is -2.36. The molecule has 1 amide bonds. The minimum absolute atomic E-state index is 0.0328. The smallest absolute Gasteiger partial charge is 0.226 e. The topological polar surface area (TPSA) is 58.6 Å². The lowest BCUT2D eigenvalue weighted by atomic mass is 9.77. The van der Waals surface area contributed by atoms with Gasteiger partial charge in [-0.25, -0.2) is 0 Å². The molecule has 21 heavy (non-hydrogen) atoms. The van der Waals surface area contributed by atoms with Gasteiger partial charge in [0, 0.05) is 6.54 Å². The van der Waals surface area contributed by atoms with Crippen LogP contribution in [-0.4, -0.2) is 35.4 Å². The maximum absolute atomic E-state index is 12.4. The molecule has 1 aliphatic heterocycles. The highest BCUT2D eigenvalue weighted by Gasteiger charge is 2.42. The second kappa shape index (κ2) is 6.66. The first kappa shape index (κ1) is 16.8. The predicted molar refractivity (Wildman–Crippen MR) is 82.9 cm³/mol. The van der Waals surface area contributed by atoms with Gasteiger partial charge < -0.3 is 15.2 Å². The molecule has 1 aliphatic carbocycles. The van der Waals surface area contributed by atoms with E-state index in [1.807, 2.05) is 13.8 Å². The van der Waals surface area contributed by atoms with Crippen LogP contribution in [0, 0.1) is 17.8 Å². The summed E-state index contributed by atoms with van der Waals surface area (Å²) in [4.78, 5) is 12.4. The summed E-state index contributed by atoms with van der Waals surface area (Å²) in [6.07, 6.45) is 5.01. The number of hydrogen-bond donors (Lipinski definition) is 2. The van der Waals surface area contributed by atoms with Crippen molar-refractivity contribution in [1.29, 1.82) is 0 Å². The number of carbonyl (C=O) groups is 1. The van der Waals surface area contributed by atoms with Crippen molar-refractivity contribution in [3.05, 3.63) is 0 Å². The maximum Gasteiger partial charge on any atom is 0.226 e. The quantitative estimate of drug-likeness (QED) is 0.838. The van der Waals surface area contributed by atoms with Crippen molar-refractivity contribution in [2.24, 2.45) is 17.8 Å². The van der Waals surface area contributed by atoms with Gasteiger partial charge in [0.2, 0.25) is 5.91 Å². The molecule has 0 aromatic carbocycles. The summed E-state index contributed by atoms with van der Waals surface area (Å²) in [7, 11) is 0. The third-order valence-corrected chi connectivity index (χ3v) is 5.75. The Kier molecular flexibility index (Phi) is 5.31. The largest absolute Gasteiger partial charge is 0.388 e. The zero-order chi connectivity index (χ0) is 15.6. The van der Waals surface area contributed by atoms with Crippen LogP contribution in [0.1, 0.15) is 59.8 Å². The third-order valence-electron chi connectivity index (χ3n) is 5.75. The average molecular weight is 297 g/mol. The fourth-order valence-electron chi connectivity index (χ4n) is 3.89. The van der Waals surface area contributed by atoms with Crippen LogP contribution in [0.3, 0.4) is 0 Å². The Bertz CT molecular complexity index is 363. The Morgan fingerprint density at radius 2 is 1.86 bits per heavy atom. The van der Waals surface area contributed by atoms with Crippen molar-refractivity contribution in [3.8, 4) is 0 Å². The maximum atomic E-state index is 12.4. The third kappa shape index (κ3) is 3.78. The van der Waals surface area contributed by atoms with Crippen molar-refractivity contribution in [2.45, 2.75) is 77.6 Å². The summed E-state index contributed by atoms with van der Waals surface area (Å²) < 4.78 is 5.73. The summed E-state index contributed by atoms with van der Waals surface area (Å²) >= 11 is 0. The number of hydrogen-bond acceptors (Lipinski definition) is 3. The van der Waals surface area contributed by atoms with E-state index in [-0.39, 0.29) is 30.0 Å². The molecular formula is C17H31NO3. The van der Waals surface area contributed by atoms with Crippen molar-refractivity contribution in [2.75, 3.05) is 6.54 Å². The van der Waals surface area contributed by atoms with E-state index < -0.39 is 5.60 Å². The van der Waals surface area contributed by atoms with Gasteiger partial charge in [-0.3, -0.25) is 4.79 Å². The van der Waals surface area contributed by atoms with Gasteiger partial charge in [0.15, 0.2) is 0 Å². The van der Waals surface area contributed by atoms with Gasteiger partial charge in [0.25, 0.3) is 0 Å². The minimum atomic E-state index is -0.709. The zero-order valence-electron chi connectivity index (χ0n) is 13.9. The van der Waals surface area contributed by atoms with Crippen LogP contribution in [0.15, 0.2) is 0 Å². The van der Waals surface area contributed by atoms with Crippen LogP contribution in [0.2, 0.25) is 0 Å². The SMILES string of the molecule is CCC1CCC(O)(CNC(=O)C2C(C)OC(C)C2C)CC1. The number of carbonyl (C=O) groups excluding carboxylic acids is 1. The van der Waals surface area contributed by atoms with E-state index in [9.17, 15) is 9.90 Å². The van der Waals surface area contributed by atoms with Crippen molar-refractivity contribution < 1.29 is 14.6 Å². The van der Waals surface area contributed by atoms with Crippen LogP contribution >= 0.6 is 0 Å². The summed E-state index contributed by atoms with van der Waals surface area (Å²) in [6.45, 7) is 8.65. The number of amides is 1. The van der Waals surface area contributed by atoms with E-state index in [1.54, 1.807) is 0 Å². The molecule has 2 fully saturated rings. The summed E-state index contributed by atoms with van der Waals surface area (Å²) in [5.41, 5.74) is -0.709. The van der Waals surface area contributed by atoms with Gasteiger partial charge in [0.05, 0.1) is 23.7 Å². The predicted octanol–water partition coefficient (Wildman–Crippen LogP) is 2.49. The van der Waals surface area contributed by atoms with Crippen molar-refractivity contribution in [3.63, 3.8) is 0 Å². The number of rotatable bonds is 4. The number of aliphatic hydroxyl groups is 1. The molecule has 4 nitrogen and oxygen atoms in total. The molecule has 4 unspecified atom stereocenters. The second-order valence-electron chi connectivity index (χ2n) is 7.22. The highest BCUT2D eigenvalue weighted by atomic mass is 16.5. The van der Waals surface area contributed by atoms with Gasteiger partial charge in [-0.05, 0) is 51.4 Å².